The van der Waals surface area contributed by atoms with E-state index in [1.54, 1.807) is 17.7 Å². The van der Waals surface area contributed by atoms with Gasteiger partial charge in [-0.05, 0) is 17.7 Å². The zero-order valence-corrected chi connectivity index (χ0v) is 13.1. The summed E-state index contributed by atoms with van der Waals surface area (Å²) in [6.07, 6.45) is 1.54. The first kappa shape index (κ1) is 15.8. The largest absolute Gasteiger partial charge is 0.483 e. The SMILES string of the molecule is CC(C)NCc1ccc(OCc2ncc(Cl)n2C)c(F)c1. The highest BCUT2D eigenvalue weighted by Crippen LogP contribution is 2.20. The van der Waals surface area contributed by atoms with Crippen molar-refractivity contribution in [3.8, 4) is 5.75 Å². The Morgan fingerprint density at radius 3 is 2.76 bits per heavy atom. The number of benzene rings is 1. The van der Waals surface area contributed by atoms with Crippen molar-refractivity contribution in [3.63, 3.8) is 0 Å². The molecule has 0 saturated carbocycles. The molecule has 0 aliphatic rings. The number of imidazole rings is 1. The molecule has 1 aromatic carbocycles. The molecule has 0 unspecified atom stereocenters. The quantitative estimate of drug-likeness (QED) is 0.890. The van der Waals surface area contributed by atoms with Crippen molar-refractivity contribution in [2.45, 2.75) is 33.0 Å². The molecule has 0 atom stereocenters. The number of aromatic nitrogens is 2. The fraction of sp³-hybridized carbons (Fsp3) is 0.400. The molecule has 2 rings (SSSR count). The van der Waals surface area contributed by atoms with Crippen LogP contribution in [0.3, 0.4) is 0 Å². The molecule has 1 N–H and O–H groups in total. The maximum absolute atomic E-state index is 14.0. The van der Waals surface area contributed by atoms with E-state index in [0.717, 1.165) is 5.56 Å². The number of hydrogen-bond acceptors (Lipinski definition) is 3. The van der Waals surface area contributed by atoms with Crippen molar-refractivity contribution < 1.29 is 9.13 Å². The maximum atomic E-state index is 14.0. The lowest BCUT2D eigenvalue weighted by Gasteiger charge is -2.11. The number of nitrogens with one attached hydrogen (secondary N) is 1. The summed E-state index contributed by atoms with van der Waals surface area (Å²) in [5.74, 6) is 0.478. The van der Waals surface area contributed by atoms with Gasteiger partial charge in [0.2, 0.25) is 0 Å². The van der Waals surface area contributed by atoms with E-state index in [1.165, 1.54) is 12.3 Å². The highest BCUT2D eigenvalue weighted by Gasteiger charge is 2.09. The van der Waals surface area contributed by atoms with Gasteiger partial charge in [-0.15, -0.1) is 0 Å². The van der Waals surface area contributed by atoms with Crippen LogP contribution in [0, 0.1) is 5.82 Å². The van der Waals surface area contributed by atoms with Gasteiger partial charge in [0, 0.05) is 19.6 Å². The molecule has 0 aliphatic carbocycles. The molecule has 1 aromatic heterocycles. The summed E-state index contributed by atoms with van der Waals surface area (Å²) in [6, 6.07) is 5.32. The predicted octanol–water partition coefficient (Wildman–Crippen LogP) is 3.29. The summed E-state index contributed by atoms with van der Waals surface area (Å²) in [4.78, 5) is 4.10. The van der Waals surface area contributed by atoms with Gasteiger partial charge < -0.3 is 14.6 Å². The van der Waals surface area contributed by atoms with Crippen molar-refractivity contribution in [1.29, 1.82) is 0 Å². The number of rotatable bonds is 6. The average molecular weight is 312 g/mol. The van der Waals surface area contributed by atoms with Crippen molar-refractivity contribution in [2.75, 3.05) is 0 Å². The fourth-order valence-electron chi connectivity index (χ4n) is 1.79. The fourth-order valence-corrected chi connectivity index (χ4v) is 1.94. The number of hydrogen-bond donors (Lipinski definition) is 1. The van der Waals surface area contributed by atoms with E-state index in [-0.39, 0.29) is 18.2 Å². The van der Waals surface area contributed by atoms with Gasteiger partial charge in [0.1, 0.15) is 17.6 Å². The summed E-state index contributed by atoms with van der Waals surface area (Å²) >= 11 is 5.89. The summed E-state index contributed by atoms with van der Waals surface area (Å²) in [5, 5.41) is 3.76. The van der Waals surface area contributed by atoms with E-state index in [4.69, 9.17) is 16.3 Å². The van der Waals surface area contributed by atoms with Crippen molar-refractivity contribution in [2.24, 2.45) is 7.05 Å². The molecule has 0 radical (unpaired) electrons. The lowest BCUT2D eigenvalue weighted by Crippen LogP contribution is -2.21. The highest BCUT2D eigenvalue weighted by molar-refractivity contribution is 6.29. The van der Waals surface area contributed by atoms with Gasteiger partial charge in [0.15, 0.2) is 11.6 Å². The zero-order valence-electron chi connectivity index (χ0n) is 12.4. The molecule has 21 heavy (non-hydrogen) atoms. The van der Waals surface area contributed by atoms with Gasteiger partial charge in [0.25, 0.3) is 0 Å². The first-order valence-electron chi connectivity index (χ1n) is 6.78. The van der Waals surface area contributed by atoms with Crippen LogP contribution >= 0.6 is 11.6 Å². The Bertz CT molecular complexity index is 613. The van der Waals surface area contributed by atoms with Crippen LogP contribution in [-0.4, -0.2) is 15.6 Å². The lowest BCUT2D eigenvalue weighted by molar-refractivity contribution is 0.277. The third-order valence-electron chi connectivity index (χ3n) is 3.10. The van der Waals surface area contributed by atoms with E-state index < -0.39 is 0 Å². The lowest BCUT2D eigenvalue weighted by atomic mass is 10.2. The molecule has 6 heteroatoms. The third-order valence-corrected chi connectivity index (χ3v) is 3.45. The van der Waals surface area contributed by atoms with Crippen molar-refractivity contribution in [3.05, 3.63) is 46.8 Å². The third kappa shape index (κ3) is 4.19. The highest BCUT2D eigenvalue weighted by atomic mass is 35.5. The van der Waals surface area contributed by atoms with E-state index in [2.05, 4.69) is 10.3 Å². The minimum absolute atomic E-state index is 0.170. The standard InChI is InChI=1S/C15H19ClFN3O/c1-10(2)18-7-11-4-5-13(12(17)6-11)21-9-15-19-8-14(16)20(15)3/h4-6,8,10,18H,7,9H2,1-3H3. The van der Waals surface area contributed by atoms with Gasteiger partial charge >= 0.3 is 0 Å². The molecule has 0 bridgehead atoms. The summed E-state index contributed by atoms with van der Waals surface area (Å²) in [7, 11) is 1.78. The van der Waals surface area contributed by atoms with Crippen LogP contribution in [0.25, 0.3) is 0 Å². The maximum Gasteiger partial charge on any atom is 0.165 e. The van der Waals surface area contributed by atoms with Crippen LogP contribution in [0.5, 0.6) is 5.75 Å². The van der Waals surface area contributed by atoms with Gasteiger partial charge in [-0.2, -0.15) is 0 Å². The minimum atomic E-state index is -0.377. The molecular weight excluding hydrogens is 293 g/mol. The Hall–Kier alpha value is -1.59. The number of nitrogens with zero attached hydrogens (tertiary/aromatic N) is 2. The second-order valence-electron chi connectivity index (χ2n) is 5.15. The first-order chi connectivity index (χ1) is 9.97. The van der Waals surface area contributed by atoms with Gasteiger partial charge in [-0.1, -0.05) is 31.5 Å². The van der Waals surface area contributed by atoms with Crippen LogP contribution in [0.4, 0.5) is 4.39 Å². The molecule has 114 valence electrons. The van der Waals surface area contributed by atoms with E-state index in [1.807, 2.05) is 19.9 Å². The molecular formula is C15H19ClFN3O. The molecule has 0 saturated heterocycles. The van der Waals surface area contributed by atoms with Crippen LogP contribution in [0.2, 0.25) is 5.15 Å². The smallest absolute Gasteiger partial charge is 0.165 e. The Morgan fingerprint density at radius 2 is 2.19 bits per heavy atom. The molecule has 0 amide bonds. The summed E-state index contributed by atoms with van der Waals surface area (Å²) in [5.41, 5.74) is 0.883. The zero-order chi connectivity index (χ0) is 15.4. The molecule has 0 aliphatic heterocycles. The van der Waals surface area contributed by atoms with E-state index >= 15 is 0 Å². The monoisotopic (exact) mass is 311 g/mol. The van der Waals surface area contributed by atoms with Crippen LogP contribution in [0.1, 0.15) is 25.2 Å². The molecule has 1 heterocycles. The van der Waals surface area contributed by atoms with Crippen LogP contribution < -0.4 is 10.1 Å². The van der Waals surface area contributed by atoms with Crippen LogP contribution in [-0.2, 0) is 20.2 Å². The first-order valence-corrected chi connectivity index (χ1v) is 7.16. The number of halogens is 2. The molecule has 2 aromatic rings. The Morgan fingerprint density at radius 1 is 1.43 bits per heavy atom. The average Bonchev–Trinajstić information content (AvgIpc) is 2.75. The number of ether oxygens (including phenoxy) is 1. The topological polar surface area (TPSA) is 39.1 Å². The Labute approximate surface area is 128 Å². The molecule has 0 spiro atoms. The van der Waals surface area contributed by atoms with Gasteiger partial charge in [-0.25, -0.2) is 9.37 Å². The molecule has 4 nitrogen and oxygen atoms in total. The van der Waals surface area contributed by atoms with E-state index in [0.29, 0.717) is 23.6 Å². The van der Waals surface area contributed by atoms with Gasteiger partial charge in [-0.3, -0.25) is 0 Å². The summed E-state index contributed by atoms with van der Waals surface area (Å²) in [6.45, 7) is 4.89. The van der Waals surface area contributed by atoms with Crippen LogP contribution in [0.15, 0.2) is 24.4 Å². The van der Waals surface area contributed by atoms with E-state index in [9.17, 15) is 4.39 Å². The van der Waals surface area contributed by atoms with Crippen molar-refractivity contribution in [1.82, 2.24) is 14.9 Å². The second-order valence-corrected chi connectivity index (χ2v) is 5.53. The van der Waals surface area contributed by atoms with Gasteiger partial charge in [0.05, 0.1) is 6.20 Å². The Kier molecular flexibility index (Phi) is 5.20. The minimum Gasteiger partial charge on any atom is -0.483 e. The Balaban J connectivity index is 1.99. The van der Waals surface area contributed by atoms with Crippen molar-refractivity contribution >= 4 is 11.6 Å². The normalized spacial score (nSPS) is 11.1. The second kappa shape index (κ2) is 6.91. The summed E-state index contributed by atoms with van der Waals surface area (Å²) < 4.78 is 21.1. The predicted molar refractivity (Wildman–Crippen MR) is 80.9 cm³/mol. The molecule has 0 fully saturated rings.